The summed E-state index contributed by atoms with van der Waals surface area (Å²) in [4.78, 5) is 14.6. The maximum Gasteiger partial charge on any atom is 0.251 e. The fourth-order valence-electron chi connectivity index (χ4n) is 1.90. The second-order valence-electron chi connectivity index (χ2n) is 4.16. The molecule has 4 nitrogen and oxygen atoms in total. The van der Waals surface area contributed by atoms with Crippen LogP contribution in [0.3, 0.4) is 0 Å². The van der Waals surface area contributed by atoms with Crippen molar-refractivity contribution in [3.05, 3.63) is 33.2 Å². The molecule has 4 heteroatoms. The van der Waals surface area contributed by atoms with Gasteiger partial charge in [-0.3, -0.25) is 4.79 Å². The monoisotopic (exact) mass is 218 g/mol. The first kappa shape index (κ1) is 10.9. The van der Waals surface area contributed by atoms with Crippen molar-refractivity contribution in [3.63, 3.8) is 0 Å². The van der Waals surface area contributed by atoms with Crippen LogP contribution in [0.2, 0.25) is 0 Å². The Hall–Kier alpha value is -1.60. The SMILES string of the molecule is CC(C#N)Cc1cc2c([nH]c1=O)CCOC2. The largest absolute Gasteiger partial charge is 0.376 e. The first-order valence-electron chi connectivity index (χ1n) is 5.42. The van der Waals surface area contributed by atoms with Gasteiger partial charge in [-0.1, -0.05) is 0 Å². The van der Waals surface area contributed by atoms with Crippen LogP contribution in [0, 0.1) is 17.2 Å². The molecule has 2 heterocycles. The van der Waals surface area contributed by atoms with Gasteiger partial charge in [0.1, 0.15) is 0 Å². The Morgan fingerprint density at radius 3 is 3.25 bits per heavy atom. The van der Waals surface area contributed by atoms with E-state index in [9.17, 15) is 4.79 Å². The van der Waals surface area contributed by atoms with Crippen LogP contribution in [-0.2, 0) is 24.2 Å². The number of aromatic nitrogens is 1. The van der Waals surface area contributed by atoms with Crippen LogP contribution in [0.4, 0.5) is 0 Å². The Morgan fingerprint density at radius 1 is 1.69 bits per heavy atom. The van der Waals surface area contributed by atoms with Crippen molar-refractivity contribution in [2.75, 3.05) is 6.61 Å². The van der Waals surface area contributed by atoms with Crippen LogP contribution in [0.25, 0.3) is 0 Å². The van der Waals surface area contributed by atoms with E-state index in [-0.39, 0.29) is 11.5 Å². The number of hydrogen-bond donors (Lipinski definition) is 1. The normalized spacial score (nSPS) is 16.2. The van der Waals surface area contributed by atoms with Crippen LogP contribution < -0.4 is 5.56 Å². The van der Waals surface area contributed by atoms with Gasteiger partial charge in [0.15, 0.2) is 0 Å². The summed E-state index contributed by atoms with van der Waals surface area (Å²) < 4.78 is 5.34. The molecule has 0 fully saturated rings. The Balaban J connectivity index is 2.33. The van der Waals surface area contributed by atoms with Crippen LogP contribution in [0.15, 0.2) is 10.9 Å². The molecule has 0 radical (unpaired) electrons. The number of hydrogen-bond acceptors (Lipinski definition) is 3. The van der Waals surface area contributed by atoms with E-state index in [1.54, 1.807) is 0 Å². The first-order chi connectivity index (χ1) is 7.70. The Labute approximate surface area is 93.9 Å². The highest BCUT2D eigenvalue weighted by Gasteiger charge is 2.14. The van der Waals surface area contributed by atoms with E-state index < -0.39 is 0 Å². The van der Waals surface area contributed by atoms with E-state index in [1.807, 2.05) is 13.0 Å². The number of aromatic amines is 1. The number of rotatable bonds is 2. The Kier molecular flexibility index (Phi) is 3.07. The van der Waals surface area contributed by atoms with E-state index in [0.29, 0.717) is 25.2 Å². The van der Waals surface area contributed by atoms with Crippen LogP contribution in [-0.4, -0.2) is 11.6 Å². The molecule has 1 atom stereocenters. The average Bonchev–Trinajstić information content (AvgIpc) is 2.30. The second-order valence-corrected chi connectivity index (χ2v) is 4.16. The first-order valence-corrected chi connectivity index (χ1v) is 5.42. The van der Waals surface area contributed by atoms with Crippen molar-refractivity contribution in [2.45, 2.75) is 26.4 Å². The maximum absolute atomic E-state index is 11.7. The van der Waals surface area contributed by atoms with E-state index in [0.717, 1.165) is 17.7 Å². The average molecular weight is 218 g/mol. The zero-order valence-electron chi connectivity index (χ0n) is 9.25. The smallest absolute Gasteiger partial charge is 0.251 e. The maximum atomic E-state index is 11.7. The second kappa shape index (κ2) is 4.50. The third-order valence-electron chi connectivity index (χ3n) is 2.79. The molecule has 0 saturated heterocycles. The molecule has 0 aliphatic carbocycles. The molecule has 1 unspecified atom stereocenters. The van der Waals surface area contributed by atoms with E-state index in [4.69, 9.17) is 10.00 Å². The number of nitrogens with one attached hydrogen (secondary N) is 1. The summed E-state index contributed by atoms with van der Waals surface area (Å²) in [6.07, 6.45) is 1.26. The summed E-state index contributed by atoms with van der Waals surface area (Å²) in [5.41, 5.74) is 2.64. The zero-order valence-corrected chi connectivity index (χ0v) is 9.25. The van der Waals surface area contributed by atoms with Gasteiger partial charge in [-0.2, -0.15) is 5.26 Å². The summed E-state index contributed by atoms with van der Waals surface area (Å²) in [6.45, 7) is 3.03. The topological polar surface area (TPSA) is 65.9 Å². The van der Waals surface area contributed by atoms with Gasteiger partial charge in [0.25, 0.3) is 5.56 Å². The molecule has 84 valence electrons. The fourth-order valence-corrected chi connectivity index (χ4v) is 1.90. The minimum Gasteiger partial charge on any atom is -0.376 e. The lowest BCUT2D eigenvalue weighted by molar-refractivity contribution is 0.109. The van der Waals surface area contributed by atoms with Crippen LogP contribution >= 0.6 is 0 Å². The van der Waals surface area contributed by atoms with E-state index >= 15 is 0 Å². The van der Waals surface area contributed by atoms with Crippen molar-refractivity contribution < 1.29 is 4.74 Å². The standard InChI is InChI=1S/C12H14N2O2/c1-8(6-13)4-9-5-10-7-16-3-2-11(10)14-12(9)15/h5,8H,2-4,7H2,1H3,(H,14,15). The van der Waals surface area contributed by atoms with Gasteiger partial charge in [-0.15, -0.1) is 0 Å². The quantitative estimate of drug-likeness (QED) is 0.809. The molecule has 16 heavy (non-hydrogen) atoms. The fraction of sp³-hybridized carbons (Fsp3) is 0.500. The van der Waals surface area contributed by atoms with Gasteiger partial charge in [-0.25, -0.2) is 0 Å². The van der Waals surface area contributed by atoms with Gasteiger partial charge in [-0.05, 0) is 25.0 Å². The molecule has 0 spiro atoms. The lowest BCUT2D eigenvalue weighted by Crippen LogP contribution is -2.22. The molecule has 0 bridgehead atoms. The van der Waals surface area contributed by atoms with Crippen molar-refractivity contribution >= 4 is 0 Å². The third-order valence-corrected chi connectivity index (χ3v) is 2.79. The van der Waals surface area contributed by atoms with Crippen molar-refractivity contribution in [1.82, 2.24) is 4.98 Å². The number of pyridine rings is 1. The summed E-state index contributed by atoms with van der Waals surface area (Å²) in [5.74, 6) is -0.136. The molecule has 1 N–H and O–H groups in total. The Morgan fingerprint density at radius 2 is 2.50 bits per heavy atom. The highest BCUT2D eigenvalue weighted by atomic mass is 16.5. The van der Waals surface area contributed by atoms with E-state index in [1.165, 1.54) is 0 Å². The van der Waals surface area contributed by atoms with Crippen molar-refractivity contribution in [1.29, 1.82) is 5.26 Å². The van der Waals surface area contributed by atoms with Crippen molar-refractivity contribution in [3.8, 4) is 6.07 Å². The molecule has 1 aromatic rings. The molecule has 2 rings (SSSR count). The minimum atomic E-state index is -0.136. The number of ether oxygens (including phenoxy) is 1. The van der Waals surface area contributed by atoms with Crippen LogP contribution in [0.5, 0.6) is 0 Å². The lowest BCUT2D eigenvalue weighted by Gasteiger charge is -2.16. The molecule has 1 aromatic heterocycles. The molecule has 1 aliphatic heterocycles. The van der Waals surface area contributed by atoms with E-state index in [2.05, 4.69) is 11.1 Å². The molecule has 0 amide bonds. The predicted molar refractivity (Wildman–Crippen MR) is 58.9 cm³/mol. The predicted octanol–water partition coefficient (Wildman–Crippen LogP) is 1.15. The third kappa shape index (κ3) is 2.15. The highest BCUT2D eigenvalue weighted by Crippen LogP contribution is 2.15. The van der Waals surface area contributed by atoms with Crippen LogP contribution in [0.1, 0.15) is 23.7 Å². The molecule has 1 aliphatic rings. The summed E-state index contributed by atoms with van der Waals surface area (Å²) in [7, 11) is 0. The number of nitriles is 1. The lowest BCUT2D eigenvalue weighted by atomic mass is 10.0. The molecule has 0 aromatic carbocycles. The van der Waals surface area contributed by atoms with Crippen molar-refractivity contribution in [2.24, 2.45) is 5.92 Å². The van der Waals surface area contributed by atoms with Gasteiger partial charge < -0.3 is 9.72 Å². The highest BCUT2D eigenvalue weighted by molar-refractivity contribution is 5.27. The number of H-pyrrole nitrogens is 1. The summed E-state index contributed by atoms with van der Waals surface area (Å²) in [5, 5.41) is 8.74. The number of nitrogens with zero attached hydrogens (tertiary/aromatic N) is 1. The van der Waals surface area contributed by atoms with Gasteiger partial charge in [0, 0.05) is 23.6 Å². The van der Waals surface area contributed by atoms with Gasteiger partial charge in [0.2, 0.25) is 0 Å². The molecular formula is C12H14N2O2. The van der Waals surface area contributed by atoms with Gasteiger partial charge in [0.05, 0.1) is 19.3 Å². The minimum absolute atomic E-state index is 0.0669. The molecule has 0 saturated carbocycles. The number of fused-ring (bicyclic) bond motifs is 1. The zero-order chi connectivity index (χ0) is 11.5. The Bertz CT molecular complexity index is 485. The van der Waals surface area contributed by atoms with Gasteiger partial charge >= 0.3 is 0 Å². The summed E-state index contributed by atoms with van der Waals surface area (Å²) in [6, 6.07) is 4.01. The molecular weight excluding hydrogens is 204 g/mol. The summed E-state index contributed by atoms with van der Waals surface area (Å²) >= 11 is 0.